The molecule has 0 amide bonds. The molecule has 0 fully saturated rings. The number of thiophene rings is 1. The van der Waals surface area contributed by atoms with Gasteiger partial charge in [0.1, 0.15) is 5.76 Å². The number of hydrogen-bond acceptors (Lipinski definition) is 3. The lowest BCUT2D eigenvalue weighted by molar-refractivity contribution is 0.0965. The largest absolute Gasteiger partial charge is 0.458 e. The lowest BCUT2D eigenvalue weighted by Gasteiger charge is -1.93. The molecule has 0 aliphatic rings. The molecule has 0 aromatic carbocycles. The van der Waals surface area contributed by atoms with Gasteiger partial charge in [-0.3, -0.25) is 4.79 Å². The first-order valence-corrected chi connectivity index (χ1v) is 5.73. The Morgan fingerprint density at radius 2 is 2.33 bits per heavy atom. The summed E-state index contributed by atoms with van der Waals surface area (Å²) in [5.41, 5.74) is 0.934. The van der Waals surface area contributed by atoms with Crippen molar-refractivity contribution in [2.45, 2.75) is 13.3 Å². The van der Waals surface area contributed by atoms with E-state index in [4.69, 9.17) is 16.0 Å². The van der Waals surface area contributed by atoms with Crippen LogP contribution >= 0.6 is 22.9 Å². The van der Waals surface area contributed by atoms with E-state index in [0.717, 1.165) is 11.3 Å². The second-order valence-electron chi connectivity index (χ2n) is 3.27. The van der Waals surface area contributed by atoms with Gasteiger partial charge >= 0.3 is 0 Å². The Balaban J connectivity index is 2.10. The lowest BCUT2D eigenvalue weighted by atomic mass is 10.1. The van der Waals surface area contributed by atoms with Gasteiger partial charge in [-0.25, -0.2) is 0 Å². The van der Waals surface area contributed by atoms with Crippen molar-refractivity contribution in [3.8, 4) is 0 Å². The molecule has 2 rings (SSSR count). The van der Waals surface area contributed by atoms with Crippen molar-refractivity contribution in [2.24, 2.45) is 0 Å². The van der Waals surface area contributed by atoms with Crippen LogP contribution in [-0.4, -0.2) is 5.78 Å². The third-order valence-corrected chi connectivity index (χ3v) is 3.14. The van der Waals surface area contributed by atoms with E-state index in [1.54, 1.807) is 18.2 Å². The topological polar surface area (TPSA) is 30.2 Å². The van der Waals surface area contributed by atoms with Gasteiger partial charge in [-0.15, -0.1) is 11.3 Å². The van der Waals surface area contributed by atoms with E-state index in [9.17, 15) is 4.79 Å². The van der Waals surface area contributed by atoms with Gasteiger partial charge in [0, 0.05) is 6.42 Å². The number of halogens is 1. The van der Waals surface area contributed by atoms with Crippen molar-refractivity contribution < 1.29 is 9.21 Å². The van der Waals surface area contributed by atoms with E-state index >= 15 is 0 Å². The van der Waals surface area contributed by atoms with Crippen LogP contribution in [0.5, 0.6) is 0 Å². The number of hydrogen-bond donors (Lipinski definition) is 0. The number of aryl methyl sites for hydroxylation is 1. The first-order chi connectivity index (χ1) is 7.15. The van der Waals surface area contributed by atoms with Crippen molar-refractivity contribution in [3.63, 3.8) is 0 Å². The Hall–Kier alpha value is -1.06. The number of ketones is 1. The molecule has 78 valence electrons. The van der Waals surface area contributed by atoms with Gasteiger partial charge in [0.25, 0.3) is 0 Å². The monoisotopic (exact) mass is 240 g/mol. The zero-order valence-corrected chi connectivity index (χ0v) is 9.69. The van der Waals surface area contributed by atoms with Crippen LogP contribution in [0.4, 0.5) is 0 Å². The Bertz CT molecular complexity index is 484. The van der Waals surface area contributed by atoms with Crippen molar-refractivity contribution >= 4 is 28.7 Å². The summed E-state index contributed by atoms with van der Waals surface area (Å²) in [5, 5.41) is 1.88. The highest BCUT2D eigenvalue weighted by Gasteiger charge is 2.11. The van der Waals surface area contributed by atoms with E-state index in [-0.39, 0.29) is 5.78 Å². The number of rotatable bonds is 3. The molecule has 0 atom stereocenters. The van der Waals surface area contributed by atoms with E-state index in [2.05, 4.69) is 0 Å². The normalized spacial score (nSPS) is 10.5. The Morgan fingerprint density at radius 3 is 2.87 bits per heavy atom. The van der Waals surface area contributed by atoms with Gasteiger partial charge in [0.2, 0.25) is 5.78 Å². The van der Waals surface area contributed by atoms with Gasteiger partial charge in [0.15, 0.2) is 5.76 Å². The van der Waals surface area contributed by atoms with Gasteiger partial charge in [-0.05, 0) is 36.1 Å². The summed E-state index contributed by atoms with van der Waals surface area (Å²) in [7, 11) is 0. The fraction of sp³-hybridized carbons (Fsp3) is 0.182. The minimum Gasteiger partial charge on any atom is -0.458 e. The minimum absolute atomic E-state index is 0.0161. The standard InChI is InChI=1S/C11H9ClO2S/c1-7-2-3-10(14-7)9(13)4-8-5-11(12)15-6-8/h2-3,5-6H,4H2,1H3. The molecule has 2 nitrogen and oxygen atoms in total. The van der Waals surface area contributed by atoms with Crippen LogP contribution < -0.4 is 0 Å². The zero-order chi connectivity index (χ0) is 10.8. The maximum Gasteiger partial charge on any atom is 0.202 e. The zero-order valence-electron chi connectivity index (χ0n) is 8.12. The molecule has 4 heteroatoms. The molecule has 0 N–H and O–H groups in total. The molecular formula is C11H9ClO2S. The second kappa shape index (κ2) is 4.21. The third kappa shape index (κ3) is 2.49. The predicted octanol–water partition coefficient (Wildman–Crippen LogP) is 3.73. The Kier molecular flexibility index (Phi) is 2.93. The summed E-state index contributed by atoms with van der Waals surface area (Å²) < 4.78 is 5.95. The van der Waals surface area contributed by atoms with Crippen LogP contribution in [0.3, 0.4) is 0 Å². The molecule has 0 aliphatic carbocycles. The van der Waals surface area contributed by atoms with Gasteiger partial charge in [0.05, 0.1) is 4.34 Å². The quantitative estimate of drug-likeness (QED) is 0.766. The van der Waals surface area contributed by atoms with Crippen LogP contribution in [-0.2, 0) is 6.42 Å². The molecule has 2 aromatic heterocycles. The molecule has 2 aromatic rings. The average Bonchev–Trinajstić information content (AvgIpc) is 2.75. The van der Waals surface area contributed by atoms with E-state index in [1.165, 1.54) is 11.3 Å². The first-order valence-electron chi connectivity index (χ1n) is 4.47. The molecule has 15 heavy (non-hydrogen) atoms. The summed E-state index contributed by atoms with van der Waals surface area (Å²) in [6.45, 7) is 1.82. The molecule has 0 bridgehead atoms. The number of Topliss-reactive ketones (excluding diaryl/α,β-unsaturated/α-hetero) is 1. The van der Waals surface area contributed by atoms with Crippen LogP contribution in [0, 0.1) is 6.92 Å². The van der Waals surface area contributed by atoms with E-state index < -0.39 is 0 Å². The minimum atomic E-state index is -0.0161. The SMILES string of the molecule is Cc1ccc(C(=O)Cc2csc(Cl)c2)o1. The van der Waals surface area contributed by atoms with Gasteiger partial charge in [-0.2, -0.15) is 0 Å². The Labute approximate surface area is 96.5 Å². The van der Waals surface area contributed by atoms with Gasteiger partial charge in [-0.1, -0.05) is 11.6 Å². The van der Waals surface area contributed by atoms with Crippen LogP contribution in [0.25, 0.3) is 0 Å². The molecule has 0 saturated heterocycles. The van der Waals surface area contributed by atoms with Crippen LogP contribution in [0.2, 0.25) is 4.34 Å². The van der Waals surface area contributed by atoms with E-state index in [1.807, 2.05) is 12.3 Å². The summed E-state index contributed by atoms with van der Waals surface area (Å²) in [5.74, 6) is 1.15. The number of carbonyl (C=O) groups excluding carboxylic acids is 1. The highest BCUT2D eigenvalue weighted by atomic mass is 35.5. The van der Waals surface area contributed by atoms with Crippen molar-refractivity contribution in [1.29, 1.82) is 0 Å². The Morgan fingerprint density at radius 1 is 1.53 bits per heavy atom. The maximum atomic E-state index is 11.7. The number of carbonyl (C=O) groups is 1. The molecule has 2 heterocycles. The molecular weight excluding hydrogens is 232 g/mol. The number of furan rings is 1. The lowest BCUT2D eigenvalue weighted by Crippen LogP contribution is -2.00. The molecule has 0 radical (unpaired) electrons. The fourth-order valence-corrected chi connectivity index (χ4v) is 2.20. The molecule has 0 unspecified atom stereocenters. The first kappa shape index (κ1) is 10.5. The fourth-order valence-electron chi connectivity index (χ4n) is 1.30. The van der Waals surface area contributed by atoms with Crippen molar-refractivity contribution in [1.82, 2.24) is 0 Å². The molecule has 0 aliphatic heterocycles. The summed E-state index contributed by atoms with van der Waals surface area (Å²) in [6, 6.07) is 5.29. The third-order valence-electron chi connectivity index (χ3n) is 2.00. The molecule has 0 saturated carbocycles. The highest BCUT2D eigenvalue weighted by molar-refractivity contribution is 7.14. The van der Waals surface area contributed by atoms with E-state index in [0.29, 0.717) is 16.5 Å². The summed E-state index contributed by atoms with van der Waals surface area (Å²) in [6.07, 6.45) is 0.343. The second-order valence-corrected chi connectivity index (χ2v) is 4.81. The highest BCUT2D eigenvalue weighted by Crippen LogP contribution is 2.21. The summed E-state index contributed by atoms with van der Waals surface area (Å²) in [4.78, 5) is 11.7. The predicted molar refractivity (Wildman–Crippen MR) is 60.8 cm³/mol. The van der Waals surface area contributed by atoms with Gasteiger partial charge < -0.3 is 4.42 Å². The smallest absolute Gasteiger partial charge is 0.202 e. The van der Waals surface area contributed by atoms with Crippen molar-refractivity contribution in [3.05, 3.63) is 45.0 Å². The van der Waals surface area contributed by atoms with Crippen LogP contribution in [0.15, 0.2) is 28.0 Å². The maximum absolute atomic E-state index is 11.7. The average molecular weight is 241 g/mol. The van der Waals surface area contributed by atoms with Crippen molar-refractivity contribution in [2.75, 3.05) is 0 Å². The van der Waals surface area contributed by atoms with Crippen LogP contribution in [0.1, 0.15) is 21.9 Å². The summed E-state index contributed by atoms with van der Waals surface area (Å²) >= 11 is 7.21. The molecule has 0 spiro atoms.